The Morgan fingerprint density at radius 1 is 1.47 bits per heavy atom. The number of carbonyl (C=O) groups is 1. The number of carbonyl (C=O) groups excluding carboxylic acids is 1. The van der Waals surface area contributed by atoms with Crippen LogP contribution in [0.2, 0.25) is 0 Å². The van der Waals surface area contributed by atoms with E-state index in [0.29, 0.717) is 23.8 Å². The number of nitrogens with one attached hydrogen (secondary N) is 2. The number of amides is 1. The van der Waals surface area contributed by atoms with Crippen LogP contribution in [0.3, 0.4) is 0 Å². The highest BCUT2D eigenvalue weighted by Gasteiger charge is 2.24. The number of hydrogen-bond donors (Lipinski definition) is 2. The summed E-state index contributed by atoms with van der Waals surface area (Å²) in [6.07, 6.45) is 1.10. The van der Waals surface area contributed by atoms with E-state index in [2.05, 4.69) is 17.6 Å². The predicted molar refractivity (Wildman–Crippen MR) is 75.5 cm³/mol. The smallest absolute Gasteiger partial charge is 0.255 e. The summed E-state index contributed by atoms with van der Waals surface area (Å²) in [4.78, 5) is 12.3. The fraction of sp³-hybridized carbons (Fsp3) is 0.533. The molecule has 0 unspecified atom stereocenters. The van der Waals surface area contributed by atoms with Gasteiger partial charge in [-0.15, -0.1) is 0 Å². The van der Waals surface area contributed by atoms with Crippen LogP contribution in [0.1, 0.15) is 30.6 Å². The minimum atomic E-state index is -0.0513. The molecule has 0 radical (unpaired) electrons. The molecule has 1 aromatic carbocycles. The van der Waals surface area contributed by atoms with Crippen molar-refractivity contribution in [3.05, 3.63) is 29.8 Å². The van der Waals surface area contributed by atoms with E-state index in [1.54, 1.807) is 6.07 Å². The van der Waals surface area contributed by atoms with Crippen molar-refractivity contribution in [3.63, 3.8) is 0 Å². The molecule has 0 bridgehead atoms. The largest absolute Gasteiger partial charge is 0.493 e. The molecule has 1 heterocycles. The molecule has 1 aromatic rings. The van der Waals surface area contributed by atoms with Gasteiger partial charge in [-0.2, -0.15) is 0 Å². The summed E-state index contributed by atoms with van der Waals surface area (Å²) in [5.41, 5.74) is 0.613. The summed E-state index contributed by atoms with van der Waals surface area (Å²) in [5, 5.41) is 6.42. The Bertz CT molecular complexity index is 434. The molecule has 4 heteroatoms. The van der Waals surface area contributed by atoms with Gasteiger partial charge >= 0.3 is 0 Å². The van der Waals surface area contributed by atoms with E-state index in [0.717, 1.165) is 19.5 Å². The van der Waals surface area contributed by atoms with Crippen LogP contribution in [0.15, 0.2) is 24.3 Å². The van der Waals surface area contributed by atoms with Crippen LogP contribution >= 0.6 is 0 Å². The second-order valence-corrected chi connectivity index (χ2v) is 4.98. The molecule has 0 aromatic heterocycles. The van der Waals surface area contributed by atoms with Gasteiger partial charge in [0.05, 0.1) is 12.2 Å². The summed E-state index contributed by atoms with van der Waals surface area (Å²) in [7, 11) is 0. The molecule has 0 saturated carbocycles. The van der Waals surface area contributed by atoms with E-state index < -0.39 is 0 Å². The average Bonchev–Trinajstić information content (AvgIpc) is 2.42. The molecule has 2 N–H and O–H groups in total. The van der Waals surface area contributed by atoms with Gasteiger partial charge < -0.3 is 15.4 Å². The number of piperidine rings is 1. The first-order valence-corrected chi connectivity index (χ1v) is 6.95. The Labute approximate surface area is 114 Å². The van der Waals surface area contributed by atoms with Crippen LogP contribution in [0.4, 0.5) is 0 Å². The second kappa shape index (κ2) is 6.57. The second-order valence-electron chi connectivity index (χ2n) is 4.98. The first-order valence-electron chi connectivity index (χ1n) is 6.95. The monoisotopic (exact) mass is 262 g/mol. The normalized spacial score (nSPS) is 22.8. The predicted octanol–water partition coefficient (Wildman–Crippen LogP) is 1.81. The number of rotatable bonds is 4. The Morgan fingerprint density at radius 3 is 3.00 bits per heavy atom. The quantitative estimate of drug-likeness (QED) is 0.870. The van der Waals surface area contributed by atoms with Crippen LogP contribution < -0.4 is 15.4 Å². The van der Waals surface area contributed by atoms with Gasteiger partial charge in [-0.05, 0) is 37.9 Å². The maximum atomic E-state index is 12.3. The molecular formula is C15H22N2O2. The van der Waals surface area contributed by atoms with E-state index in [1.807, 2.05) is 25.1 Å². The molecule has 1 aliphatic heterocycles. The van der Waals surface area contributed by atoms with Crippen LogP contribution in [-0.2, 0) is 0 Å². The van der Waals surface area contributed by atoms with Crippen molar-refractivity contribution in [1.29, 1.82) is 0 Å². The molecule has 0 spiro atoms. The molecule has 4 nitrogen and oxygen atoms in total. The third-order valence-corrected chi connectivity index (χ3v) is 3.58. The topological polar surface area (TPSA) is 50.4 Å². The van der Waals surface area contributed by atoms with Gasteiger partial charge in [0.1, 0.15) is 5.75 Å². The molecule has 2 atom stereocenters. The minimum Gasteiger partial charge on any atom is -0.493 e. The molecular weight excluding hydrogens is 240 g/mol. The van der Waals surface area contributed by atoms with E-state index in [-0.39, 0.29) is 11.9 Å². The van der Waals surface area contributed by atoms with Crippen molar-refractivity contribution < 1.29 is 9.53 Å². The Morgan fingerprint density at radius 2 is 2.26 bits per heavy atom. The lowest BCUT2D eigenvalue weighted by molar-refractivity contribution is 0.0911. The summed E-state index contributed by atoms with van der Waals surface area (Å²) < 4.78 is 5.50. The van der Waals surface area contributed by atoms with Gasteiger partial charge in [0.2, 0.25) is 0 Å². The van der Waals surface area contributed by atoms with Gasteiger partial charge in [0.15, 0.2) is 0 Å². The van der Waals surface area contributed by atoms with Crippen LogP contribution in [0.25, 0.3) is 0 Å². The van der Waals surface area contributed by atoms with Crippen molar-refractivity contribution in [2.75, 3.05) is 19.7 Å². The molecule has 1 fully saturated rings. The van der Waals surface area contributed by atoms with Gasteiger partial charge in [-0.25, -0.2) is 0 Å². The molecule has 2 rings (SSSR count). The highest BCUT2D eigenvalue weighted by Crippen LogP contribution is 2.19. The molecule has 19 heavy (non-hydrogen) atoms. The van der Waals surface area contributed by atoms with E-state index in [1.165, 1.54) is 0 Å². The lowest BCUT2D eigenvalue weighted by Crippen LogP contribution is -2.50. The highest BCUT2D eigenvalue weighted by molar-refractivity contribution is 5.97. The SMILES string of the molecule is CCOc1ccccc1C(=O)N[C@H]1CNCC[C@H]1C. The van der Waals surface area contributed by atoms with E-state index >= 15 is 0 Å². The third-order valence-electron chi connectivity index (χ3n) is 3.58. The van der Waals surface area contributed by atoms with Crippen molar-refractivity contribution in [3.8, 4) is 5.75 Å². The van der Waals surface area contributed by atoms with Crippen LogP contribution in [0, 0.1) is 5.92 Å². The lowest BCUT2D eigenvalue weighted by Gasteiger charge is -2.30. The molecule has 1 aliphatic rings. The molecule has 1 saturated heterocycles. The molecule has 104 valence electrons. The fourth-order valence-electron chi connectivity index (χ4n) is 2.36. The maximum absolute atomic E-state index is 12.3. The van der Waals surface area contributed by atoms with Gasteiger partial charge in [0, 0.05) is 12.6 Å². The van der Waals surface area contributed by atoms with Crippen molar-refractivity contribution >= 4 is 5.91 Å². The zero-order chi connectivity index (χ0) is 13.7. The lowest BCUT2D eigenvalue weighted by atomic mass is 9.94. The Hall–Kier alpha value is -1.55. The number of para-hydroxylation sites is 1. The summed E-state index contributed by atoms with van der Waals surface area (Å²) in [5.74, 6) is 1.10. The number of hydrogen-bond acceptors (Lipinski definition) is 3. The summed E-state index contributed by atoms with van der Waals surface area (Å²) in [6, 6.07) is 7.57. The highest BCUT2D eigenvalue weighted by atomic mass is 16.5. The fourth-order valence-corrected chi connectivity index (χ4v) is 2.36. The van der Waals surface area contributed by atoms with Crippen molar-refractivity contribution in [1.82, 2.24) is 10.6 Å². The summed E-state index contributed by atoms with van der Waals surface area (Å²) in [6.45, 7) is 6.53. The Kier molecular flexibility index (Phi) is 4.80. The molecule has 0 aliphatic carbocycles. The number of ether oxygens (including phenoxy) is 1. The third kappa shape index (κ3) is 3.47. The first-order chi connectivity index (χ1) is 9.22. The maximum Gasteiger partial charge on any atom is 0.255 e. The average molecular weight is 262 g/mol. The van der Waals surface area contributed by atoms with Gasteiger partial charge in [0.25, 0.3) is 5.91 Å². The summed E-state index contributed by atoms with van der Waals surface area (Å²) >= 11 is 0. The van der Waals surface area contributed by atoms with Crippen LogP contribution in [0.5, 0.6) is 5.75 Å². The van der Waals surface area contributed by atoms with Gasteiger partial charge in [-0.3, -0.25) is 4.79 Å². The minimum absolute atomic E-state index is 0.0513. The van der Waals surface area contributed by atoms with Gasteiger partial charge in [-0.1, -0.05) is 19.1 Å². The first kappa shape index (κ1) is 13.9. The molecule has 1 amide bonds. The Balaban J connectivity index is 2.06. The van der Waals surface area contributed by atoms with Crippen molar-refractivity contribution in [2.24, 2.45) is 5.92 Å². The zero-order valence-electron chi connectivity index (χ0n) is 11.6. The van der Waals surface area contributed by atoms with Crippen LogP contribution in [-0.4, -0.2) is 31.6 Å². The standard InChI is InChI=1S/C15H22N2O2/c1-3-19-14-7-5-4-6-12(14)15(18)17-13-10-16-9-8-11(13)2/h4-7,11,13,16H,3,8-10H2,1-2H3,(H,17,18)/t11-,13+/m1/s1. The van der Waals surface area contributed by atoms with Crippen molar-refractivity contribution in [2.45, 2.75) is 26.3 Å². The van der Waals surface area contributed by atoms with E-state index in [4.69, 9.17) is 4.74 Å². The zero-order valence-corrected chi connectivity index (χ0v) is 11.6. The number of benzene rings is 1. The van der Waals surface area contributed by atoms with E-state index in [9.17, 15) is 4.79 Å².